The van der Waals surface area contributed by atoms with Crippen molar-refractivity contribution in [1.82, 2.24) is 4.90 Å². The minimum absolute atomic E-state index is 0.225. The van der Waals surface area contributed by atoms with Gasteiger partial charge in [0.1, 0.15) is 0 Å². The van der Waals surface area contributed by atoms with Gasteiger partial charge in [0, 0.05) is 37.8 Å². The summed E-state index contributed by atoms with van der Waals surface area (Å²) in [7, 11) is 0. The van der Waals surface area contributed by atoms with Gasteiger partial charge in [-0.15, -0.1) is 0 Å². The van der Waals surface area contributed by atoms with Crippen molar-refractivity contribution in [1.29, 1.82) is 5.26 Å². The average Bonchev–Trinajstić information content (AvgIpc) is 3.04. The first kappa shape index (κ1) is 21.0. The summed E-state index contributed by atoms with van der Waals surface area (Å²) in [5, 5.41) is 8.90. The van der Waals surface area contributed by atoms with Gasteiger partial charge in [-0.3, -0.25) is 4.79 Å². The highest BCUT2D eigenvalue weighted by molar-refractivity contribution is 5.86. The predicted octanol–water partition coefficient (Wildman–Crippen LogP) is 5.00. The van der Waals surface area contributed by atoms with Crippen molar-refractivity contribution >= 4 is 11.6 Å². The van der Waals surface area contributed by atoms with Gasteiger partial charge >= 0.3 is 6.18 Å². The van der Waals surface area contributed by atoms with Crippen molar-refractivity contribution in [2.75, 3.05) is 24.5 Å². The predicted molar refractivity (Wildman–Crippen MR) is 108 cm³/mol. The summed E-state index contributed by atoms with van der Waals surface area (Å²) in [5.74, 6) is 0.686. The first-order valence-corrected chi connectivity index (χ1v) is 10.9. The molecule has 2 aliphatic heterocycles. The van der Waals surface area contributed by atoms with E-state index in [0.717, 1.165) is 75.9 Å². The van der Waals surface area contributed by atoms with Gasteiger partial charge in [-0.2, -0.15) is 18.4 Å². The summed E-state index contributed by atoms with van der Waals surface area (Å²) >= 11 is 0. The highest BCUT2D eigenvalue weighted by Gasteiger charge is 2.50. The fourth-order valence-electron chi connectivity index (χ4n) is 5.58. The molecule has 4 nitrogen and oxygen atoms in total. The van der Waals surface area contributed by atoms with E-state index in [0.29, 0.717) is 18.9 Å². The lowest BCUT2D eigenvalue weighted by Gasteiger charge is -2.41. The maximum Gasteiger partial charge on any atom is 0.416 e. The Labute approximate surface area is 175 Å². The standard InChI is InChI=1S/C23H28F3N3O/c24-23(25,26)18-4-8-19(9-5-18)28-14-1-11-22(16-28)12-15-29(21(22)30)20-6-2-17(3-7-20)10-13-27/h4-5,8-9,17,20H,1-3,6-7,10-12,14-16H2/t17-,20-,22?. The van der Waals surface area contributed by atoms with E-state index in [9.17, 15) is 18.0 Å². The number of carbonyl (C=O) groups is 1. The molecular weight excluding hydrogens is 391 g/mol. The second-order valence-electron chi connectivity index (χ2n) is 9.14. The van der Waals surface area contributed by atoms with Crippen molar-refractivity contribution in [2.24, 2.45) is 11.3 Å². The van der Waals surface area contributed by atoms with E-state index in [-0.39, 0.29) is 11.9 Å². The Morgan fingerprint density at radius 2 is 1.77 bits per heavy atom. The normalized spacial score (nSPS) is 30.0. The molecule has 0 radical (unpaired) electrons. The van der Waals surface area contributed by atoms with Gasteiger partial charge in [-0.25, -0.2) is 0 Å². The summed E-state index contributed by atoms with van der Waals surface area (Å²) in [6.45, 7) is 2.12. The van der Waals surface area contributed by atoms with Crippen LogP contribution in [0.2, 0.25) is 0 Å². The van der Waals surface area contributed by atoms with Crippen molar-refractivity contribution in [3.8, 4) is 6.07 Å². The Hall–Kier alpha value is -2.23. The van der Waals surface area contributed by atoms with Gasteiger partial charge in [-0.05, 0) is 75.1 Å². The van der Waals surface area contributed by atoms with Crippen LogP contribution >= 0.6 is 0 Å². The molecular formula is C23H28F3N3O. The van der Waals surface area contributed by atoms with E-state index in [4.69, 9.17) is 5.26 Å². The maximum atomic E-state index is 13.4. The van der Waals surface area contributed by atoms with Crippen LogP contribution in [0.1, 0.15) is 56.9 Å². The number of hydrogen-bond acceptors (Lipinski definition) is 3. The fourth-order valence-corrected chi connectivity index (χ4v) is 5.58. The Morgan fingerprint density at radius 3 is 2.40 bits per heavy atom. The minimum Gasteiger partial charge on any atom is -0.370 e. The maximum absolute atomic E-state index is 13.4. The zero-order valence-electron chi connectivity index (χ0n) is 17.1. The Bertz CT molecular complexity index is 808. The molecule has 7 heteroatoms. The van der Waals surface area contributed by atoms with E-state index in [1.165, 1.54) is 12.1 Å². The fraction of sp³-hybridized carbons (Fsp3) is 0.652. The number of benzene rings is 1. The quantitative estimate of drug-likeness (QED) is 0.693. The van der Waals surface area contributed by atoms with E-state index in [2.05, 4.69) is 15.9 Å². The molecule has 2 heterocycles. The number of nitrogens with zero attached hydrogens (tertiary/aromatic N) is 3. The van der Waals surface area contributed by atoms with Crippen LogP contribution < -0.4 is 4.90 Å². The number of amides is 1. The summed E-state index contributed by atoms with van der Waals surface area (Å²) in [6, 6.07) is 7.83. The van der Waals surface area contributed by atoms with Gasteiger partial charge in [0.25, 0.3) is 0 Å². The third-order valence-electron chi connectivity index (χ3n) is 7.32. The topological polar surface area (TPSA) is 47.3 Å². The van der Waals surface area contributed by atoms with Gasteiger partial charge in [0.15, 0.2) is 0 Å². The largest absolute Gasteiger partial charge is 0.416 e. The molecule has 1 saturated carbocycles. The summed E-state index contributed by atoms with van der Waals surface area (Å²) in [5.41, 5.74) is -0.303. The molecule has 162 valence electrons. The van der Waals surface area contributed by atoms with Gasteiger partial charge in [0.2, 0.25) is 5.91 Å². The van der Waals surface area contributed by atoms with E-state index in [1.54, 1.807) is 0 Å². The van der Waals surface area contributed by atoms with Crippen LogP contribution in [0.4, 0.5) is 18.9 Å². The molecule has 0 bridgehead atoms. The van der Waals surface area contributed by atoms with Crippen LogP contribution in [0.3, 0.4) is 0 Å². The zero-order valence-corrected chi connectivity index (χ0v) is 17.1. The highest BCUT2D eigenvalue weighted by atomic mass is 19.4. The summed E-state index contributed by atoms with van der Waals surface area (Å²) < 4.78 is 38.6. The van der Waals surface area contributed by atoms with E-state index in [1.807, 2.05) is 0 Å². The van der Waals surface area contributed by atoms with E-state index < -0.39 is 17.2 Å². The summed E-state index contributed by atoms with van der Waals surface area (Å²) in [6.07, 6.45) is 2.76. The molecule has 2 saturated heterocycles. The molecule has 1 amide bonds. The number of likely N-dealkylation sites (tertiary alicyclic amines) is 1. The lowest BCUT2D eigenvalue weighted by Crippen LogP contribution is -2.50. The number of alkyl halides is 3. The molecule has 1 unspecified atom stereocenters. The molecule has 1 spiro atoms. The Morgan fingerprint density at radius 1 is 1.07 bits per heavy atom. The second-order valence-corrected chi connectivity index (χ2v) is 9.14. The number of hydrogen-bond donors (Lipinski definition) is 0. The first-order chi connectivity index (χ1) is 14.3. The van der Waals surface area contributed by atoms with Crippen LogP contribution in [0.25, 0.3) is 0 Å². The van der Waals surface area contributed by atoms with Gasteiger partial charge in [0.05, 0.1) is 17.0 Å². The smallest absolute Gasteiger partial charge is 0.370 e. The van der Waals surface area contributed by atoms with Crippen molar-refractivity contribution < 1.29 is 18.0 Å². The van der Waals surface area contributed by atoms with Crippen molar-refractivity contribution in [3.05, 3.63) is 29.8 Å². The van der Waals surface area contributed by atoms with Crippen LogP contribution in [-0.4, -0.2) is 36.5 Å². The van der Waals surface area contributed by atoms with Crippen LogP contribution in [0, 0.1) is 22.7 Å². The van der Waals surface area contributed by atoms with Crippen LogP contribution in [-0.2, 0) is 11.0 Å². The molecule has 1 atom stereocenters. The molecule has 1 aromatic rings. The lowest BCUT2D eigenvalue weighted by molar-refractivity contribution is -0.139. The SMILES string of the molecule is N#CC[C@H]1CC[C@H](N2CCC3(CCCN(c4ccc(C(F)(F)F)cc4)C3)C2=O)CC1. The molecule has 4 rings (SSSR count). The minimum atomic E-state index is -4.34. The molecule has 3 fully saturated rings. The molecule has 0 N–H and O–H groups in total. The van der Waals surface area contributed by atoms with E-state index >= 15 is 0 Å². The Balaban J connectivity index is 1.42. The Kier molecular flexibility index (Phi) is 5.69. The lowest BCUT2D eigenvalue weighted by atomic mass is 9.78. The van der Waals surface area contributed by atoms with Crippen LogP contribution in [0.15, 0.2) is 24.3 Å². The third-order valence-corrected chi connectivity index (χ3v) is 7.32. The first-order valence-electron chi connectivity index (χ1n) is 10.9. The van der Waals surface area contributed by atoms with Crippen molar-refractivity contribution in [3.63, 3.8) is 0 Å². The zero-order chi connectivity index (χ0) is 21.4. The molecule has 3 aliphatic rings. The second kappa shape index (κ2) is 8.13. The number of anilines is 1. The number of carbonyl (C=O) groups excluding carboxylic acids is 1. The molecule has 1 aliphatic carbocycles. The molecule has 0 aromatic heterocycles. The van der Waals surface area contributed by atoms with Crippen molar-refractivity contribution in [2.45, 2.75) is 63.6 Å². The number of rotatable bonds is 3. The summed E-state index contributed by atoms with van der Waals surface area (Å²) in [4.78, 5) is 17.6. The monoisotopic (exact) mass is 419 g/mol. The number of halogens is 3. The van der Waals surface area contributed by atoms with Gasteiger partial charge < -0.3 is 9.80 Å². The third kappa shape index (κ3) is 4.01. The number of piperidine rings is 1. The number of nitriles is 1. The average molecular weight is 419 g/mol. The van der Waals surface area contributed by atoms with Gasteiger partial charge in [-0.1, -0.05) is 0 Å². The molecule has 1 aromatic carbocycles. The highest BCUT2D eigenvalue weighted by Crippen LogP contribution is 2.44. The molecule has 30 heavy (non-hydrogen) atoms. The van der Waals surface area contributed by atoms with Crippen LogP contribution in [0.5, 0.6) is 0 Å².